The molecule has 0 fully saturated rings. The van der Waals surface area contributed by atoms with E-state index in [0.717, 1.165) is 22.9 Å². The van der Waals surface area contributed by atoms with E-state index in [9.17, 15) is 0 Å². The minimum absolute atomic E-state index is 0.330. The fourth-order valence-electron chi connectivity index (χ4n) is 1.99. The Morgan fingerprint density at radius 1 is 1.09 bits per heavy atom. The minimum Gasteiger partial charge on any atom is -0.457 e. The molecule has 3 rings (SSSR count). The standard InChI is InChI=1S/C17H17N5O/c18-17(19-12-14-9-10-20-22-14)21-13-5-4-8-16(11-13)23-15-6-2-1-3-7-15/h1-11H,12H2,(H,20,22)(H3,18,19,21). The minimum atomic E-state index is 0.330. The molecule has 2 aromatic carbocycles. The van der Waals surface area contributed by atoms with E-state index in [1.807, 2.05) is 60.7 Å². The quantitative estimate of drug-likeness (QED) is 0.499. The number of hydrogen-bond acceptors (Lipinski definition) is 3. The Balaban J connectivity index is 1.64. The van der Waals surface area contributed by atoms with Gasteiger partial charge >= 0.3 is 0 Å². The number of ether oxygens (including phenoxy) is 1. The van der Waals surface area contributed by atoms with Gasteiger partial charge in [0.15, 0.2) is 5.96 Å². The van der Waals surface area contributed by atoms with Crippen molar-refractivity contribution < 1.29 is 4.74 Å². The van der Waals surface area contributed by atoms with Gasteiger partial charge in [0.2, 0.25) is 0 Å². The maximum Gasteiger partial charge on any atom is 0.193 e. The average Bonchev–Trinajstić information content (AvgIpc) is 3.08. The van der Waals surface area contributed by atoms with Crippen molar-refractivity contribution in [2.24, 2.45) is 10.7 Å². The van der Waals surface area contributed by atoms with Gasteiger partial charge in [0, 0.05) is 18.0 Å². The monoisotopic (exact) mass is 307 g/mol. The fraction of sp³-hybridized carbons (Fsp3) is 0.0588. The summed E-state index contributed by atoms with van der Waals surface area (Å²) in [6, 6.07) is 19.0. The molecule has 3 aromatic rings. The van der Waals surface area contributed by atoms with Crippen LogP contribution in [0.25, 0.3) is 0 Å². The van der Waals surface area contributed by atoms with Crippen molar-refractivity contribution in [2.45, 2.75) is 6.54 Å². The van der Waals surface area contributed by atoms with Gasteiger partial charge in [-0.05, 0) is 30.3 Å². The first kappa shape index (κ1) is 14.6. The molecule has 0 aliphatic rings. The molecule has 0 saturated carbocycles. The molecule has 6 heteroatoms. The van der Waals surface area contributed by atoms with Crippen molar-refractivity contribution in [3.8, 4) is 11.5 Å². The summed E-state index contributed by atoms with van der Waals surface area (Å²) in [6.45, 7) is 0.443. The third-order valence-corrected chi connectivity index (χ3v) is 3.06. The number of guanidine groups is 1. The second-order valence-electron chi connectivity index (χ2n) is 4.85. The summed E-state index contributed by atoms with van der Waals surface area (Å²) >= 11 is 0. The largest absolute Gasteiger partial charge is 0.457 e. The van der Waals surface area contributed by atoms with Crippen LogP contribution in [0.5, 0.6) is 11.5 Å². The number of aromatic amines is 1. The van der Waals surface area contributed by atoms with E-state index in [1.165, 1.54) is 0 Å². The normalized spacial score (nSPS) is 11.2. The number of hydrogen-bond donors (Lipinski definition) is 3. The van der Waals surface area contributed by atoms with Crippen molar-refractivity contribution >= 4 is 11.6 Å². The summed E-state index contributed by atoms with van der Waals surface area (Å²) in [6.07, 6.45) is 1.68. The predicted molar refractivity (Wildman–Crippen MR) is 90.5 cm³/mol. The highest BCUT2D eigenvalue weighted by Gasteiger charge is 2.00. The molecule has 0 amide bonds. The van der Waals surface area contributed by atoms with Crippen LogP contribution in [0.4, 0.5) is 5.69 Å². The lowest BCUT2D eigenvalue weighted by atomic mass is 10.3. The smallest absolute Gasteiger partial charge is 0.193 e. The molecule has 116 valence electrons. The molecule has 23 heavy (non-hydrogen) atoms. The molecule has 0 spiro atoms. The summed E-state index contributed by atoms with van der Waals surface area (Å²) < 4.78 is 5.79. The van der Waals surface area contributed by atoms with Crippen LogP contribution in [0.15, 0.2) is 71.9 Å². The zero-order chi connectivity index (χ0) is 15.9. The van der Waals surface area contributed by atoms with Crippen molar-refractivity contribution in [2.75, 3.05) is 5.32 Å². The highest BCUT2D eigenvalue weighted by Crippen LogP contribution is 2.23. The average molecular weight is 307 g/mol. The number of rotatable bonds is 5. The number of anilines is 1. The van der Waals surface area contributed by atoms with Gasteiger partial charge in [0.1, 0.15) is 11.5 Å². The van der Waals surface area contributed by atoms with Crippen LogP contribution in [0.2, 0.25) is 0 Å². The summed E-state index contributed by atoms with van der Waals surface area (Å²) in [5.41, 5.74) is 7.60. The number of nitrogens with one attached hydrogen (secondary N) is 2. The molecule has 0 bridgehead atoms. The summed E-state index contributed by atoms with van der Waals surface area (Å²) in [7, 11) is 0. The first-order chi connectivity index (χ1) is 11.3. The third kappa shape index (κ3) is 4.34. The van der Waals surface area contributed by atoms with Crippen LogP contribution in [0.3, 0.4) is 0 Å². The summed E-state index contributed by atoms with van der Waals surface area (Å²) in [5, 5.41) is 9.74. The molecule has 1 aromatic heterocycles. The Kier molecular flexibility index (Phi) is 4.54. The van der Waals surface area contributed by atoms with Crippen LogP contribution >= 0.6 is 0 Å². The Bertz CT molecular complexity index is 769. The zero-order valence-electron chi connectivity index (χ0n) is 12.4. The molecule has 0 aliphatic heterocycles. The third-order valence-electron chi connectivity index (χ3n) is 3.06. The highest BCUT2D eigenvalue weighted by atomic mass is 16.5. The van der Waals surface area contributed by atoms with E-state index >= 15 is 0 Å². The molecule has 6 nitrogen and oxygen atoms in total. The Morgan fingerprint density at radius 2 is 1.91 bits per heavy atom. The van der Waals surface area contributed by atoms with E-state index in [4.69, 9.17) is 10.5 Å². The fourth-order valence-corrected chi connectivity index (χ4v) is 1.99. The van der Waals surface area contributed by atoms with Crippen molar-refractivity contribution in [3.05, 3.63) is 72.6 Å². The molecule has 1 heterocycles. The van der Waals surface area contributed by atoms with Crippen LogP contribution < -0.4 is 15.8 Å². The van der Waals surface area contributed by atoms with Gasteiger partial charge in [0.25, 0.3) is 0 Å². The summed E-state index contributed by atoms with van der Waals surface area (Å²) in [4.78, 5) is 4.25. The molecular weight excluding hydrogens is 290 g/mol. The Labute approximate surface area is 134 Å². The number of aliphatic imine (C=N–C) groups is 1. The van der Waals surface area contributed by atoms with Crippen LogP contribution in [0, 0.1) is 0 Å². The van der Waals surface area contributed by atoms with Gasteiger partial charge in [-0.2, -0.15) is 5.10 Å². The number of para-hydroxylation sites is 1. The molecule has 0 atom stereocenters. The van der Waals surface area contributed by atoms with Gasteiger partial charge in [-0.3, -0.25) is 5.10 Å². The van der Waals surface area contributed by atoms with Gasteiger partial charge in [-0.15, -0.1) is 0 Å². The van der Waals surface area contributed by atoms with Crippen LogP contribution in [0.1, 0.15) is 5.69 Å². The number of H-pyrrole nitrogens is 1. The lowest BCUT2D eigenvalue weighted by Gasteiger charge is -2.09. The second-order valence-corrected chi connectivity index (χ2v) is 4.85. The SMILES string of the molecule is NC(=NCc1ccn[nH]1)Nc1cccc(Oc2ccccc2)c1. The topological polar surface area (TPSA) is 88.3 Å². The molecule has 0 saturated heterocycles. The lowest BCUT2D eigenvalue weighted by molar-refractivity contribution is 0.483. The van der Waals surface area contributed by atoms with Crippen molar-refractivity contribution in [1.29, 1.82) is 0 Å². The first-order valence-corrected chi connectivity index (χ1v) is 7.18. The van der Waals surface area contributed by atoms with E-state index in [1.54, 1.807) is 6.20 Å². The van der Waals surface area contributed by atoms with Gasteiger partial charge in [-0.1, -0.05) is 24.3 Å². The molecular formula is C17H17N5O. The first-order valence-electron chi connectivity index (χ1n) is 7.18. The highest BCUT2D eigenvalue weighted by molar-refractivity contribution is 5.92. The van der Waals surface area contributed by atoms with E-state index in [0.29, 0.717) is 12.5 Å². The Hall–Kier alpha value is -3.28. The van der Waals surface area contributed by atoms with Gasteiger partial charge in [-0.25, -0.2) is 4.99 Å². The number of aromatic nitrogens is 2. The van der Waals surface area contributed by atoms with Crippen molar-refractivity contribution in [3.63, 3.8) is 0 Å². The predicted octanol–water partition coefficient (Wildman–Crippen LogP) is 3.13. The lowest BCUT2D eigenvalue weighted by Crippen LogP contribution is -2.22. The van der Waals surface area contributed by atoms with E-state index < -0.39 is 0 Å². The number of benzene rings is 2. The number of nitrogens with two attached hydrogens (primary N) is 1. The maximum atomic E-state index is 5.89. The zero-order valence-corrected chi connectivity index (χ0v) is 12.4. The second kappa shape index (κ2) is 7.13. The molecule has 0 aliphatic carbocycles. The van der Waals surface area contributed by atoms with E-state index in [-0.39, 0.29) is 0 Å². The van der Waals surface area contributed by atoms with E-state index in [2.05, 4.69) is 20.5 Å². The van der Waals surface area contributed by atoms with Crippen molar-refractivity contribution in [1.82, 2.24) is 10.2 Å². The summed E-state index contributed by atoms with van der Waals surface area (Å²) in [5.74, 6) is 1.84. The molecule has 0 radical (unpaired) electrons. The van der Waals surface area contributed by atoms with Crippen LogP contribution in [-0.2, 0) is 6.54 Å². The Morgan fingerprint density at radius 3 is 2.70 bits per heavy atom. The molecule has 0 unspecified atom stereocenters. The van der Waals surface area contributed by atoms with Crippen LogP contribution in [-0.4, -0.2) is 16.2 Å². The number of nitrogens with zero attached hydrogens (tertiary/aromatic N) is 2. The maximum absolute atomic E-state index is 5.89. The molecule has 4 N–H and O–H groups in total. The van der Waals surface area contributed by atoms with Gasteiger partial charge in [0.05, 0.1) is 12.2 Å². The van der Waals surface area contributed by atoms with Gasteiger partial charge < -0.3 is 15.8 Å².